The fourth-order valence-corrected chi connectivity index (χ4v) is 1.77. The van der Waals surface area contributed by atoms with Crippen molar-refractivity contribution in [3.63, 3.8) is 0 Å². The van der Waals surface area contributed by atoms with Gasteiger partial charge in [0.25, 0.3) is 0 Å². The van der Waals surface area contributed by atoms with Crippen molar-refractivity contribution >= 4 is 17.5 Å². The van der Waals surface area contributed by atoms with E-state index >= 15 is 0 Å². The highest BCUT2D eigenvalue weighted by Crippen LogP contribution is 2.14. The number of rotatable bonds is 8. The van der Waals surface area contributed by atoms with Crippen LogP contribution in [0, 0.1) is 0 Å². The second-order valence-electron chi connectivity index (χ2n) is 4.72. The van der Waals surface area contributed by atoms with Gasteiger partial charge < -0.3 is 20.7 Å². The Kier molecular flexibility index (Phi) is 7.42. The quantitative estimate of drug-likeness (QED) is 0.622. The monoisotopic (exact) mass is 293 g/mol. The van der Waals surface area contributed by atoms with Crippen molar-refractivity contribution in [1.29, 1.82) is 0 Å². The second-order valence-corrected chi connectivity index (χ2v) is 4.72. The molecule has 0 saturated heterocycles. The Morgan fingerprint density at radius 3 is 2.67 bits per heavy atom. The highest BCUT2D eigenvalue weighted by Gasteiger charge is 2.12. The third kappa shape index (κ3) is 6.37. The lowest BCUT2D eigenvalue weighted by Gasteiger charge is -2.16. The Hall–Kier alpha value is -1.92. The van der Waals surface area contributed by atoms with Crippen molar-refractivity contribution in [2.24, 2.45) is 0 Å². The first-order valence-electron chi connectivity index (χ1n) is 6.90. The van der Waals surface area contributed by atoms with Crippen LogP contribution in [0.4, 0.5) is 5.69 Å². The Bertz CT molecular complexity index is 477. The maximum absolute atomic E-state index is 11.8. The Labute approximate surface area is 125 Å². The first-order valence-corrected chi connectivity index (χ1v) is 6.90. The molecular weight excluding hydrogens is 270 g/mol. The maximum atomic E-state index is 11.8. The van der Waals surface area contributed by atoms with Crippen LogP contribution in [-0.4, -0.2) is 38.1 Å². The number of hydrogen-bond donors (Lipinski definition) is 3. The van der Waals surface area contributed by atoms with Gasteiger partial charge in [-0.25, -0.2) is 0 Å². The molecule has 0 radical (unpaired) electrons. The molecule has 21 heavy (non-hydrogen) atoms. The lowest BCUT2D eigenvalue weighted by molar-refractivity contribution is -0.123. The highest BCUT2D eigenvalue weighted by atomic mass is 16.5. The fourth-order valence-electron chi connectivity index (χ4n) is 1.77. The van der Waals surface area contributed by atoms with Crippen LogP contribution in [-0.2, 0) is 20.9 Å². The summed E-state index contributed by atoms with van der Waals surface area (Å²) >= 11 is 0. The number of amides is 2. The van der Waals surface area contributed by atoms with E-state index in [1.165, 1.54) is 6.92 Å². The van der Waals surface area contributed by atoms with Crippen LogP contribution in [0.2, 0.25) is 0 Å². The zero-order valence-corrected chi connectivity index (χ0v) is 12.7. The molecule has 0 aromatic heterocycles. The van der Waals surface area contributed by atoms with Gasteiger partial charge in [-0.05, 0) is 18.6 Å². The first-order chi connectivity index (χ1) is 10.0. The van der Waals surface area contributed by atoms with Gasteiger partial charge in [-0.15, -0.1) is 0 Å². The molecule has 0 aliphatic heterocycles. The molecule has 3 N–H and O–H groups in total. The van der Waals surface area contributed by atoms with E-state index in [1.54, 1.807) is 14.0 Å². The van der Waals surface area contributed by atoms with Crippen molar-refractivity contribution in [2.75, 3.05) is 25.6 Å². The molecule has 0 aliphatic carbocycles. The summed E-state index contributed by atoms with van der Waals surface area (Å²) in [4.78, 5) is 23.0. The minimum absolute atomic E-state index is 0.0796. The molecule has 0 aliphatic rings. The molecule has 0 heterocycles. The summed E-state index contributed by atoms with van der Waals surface area (Å²) in [6.07, 6.45) is 0. The molecule has 2 amide bonds. The van der Waals surface area contributed by atoms with Crippen LogP contribution in [0.15, 0.2) is 24.3 Å². The summed E-state index contributed by atoms with van der Waals surface area (Å²) in [6, 6.07) is 7.17. The summed E-state index contributed by atoms with van der Waals surface area (Å²) in [5.74, 6) is -0.197. The van der Waals surface area contributed by atoms with E-state index in [4.69, 9.17) is 4.74 Å². The maximum Gasteiger partial charge on any atom is 0.236 e. The van der Waals surface area contributed by atoms with E-state index in [-0.39, 0.29) is 17.9 Å². The largest absolute Gasteiger partial charge is 0.383 e. The van der Waals surface area contributed by atoms with Gasteiger partial charge in [0.1, 0.15) is 0 Å². The van der Waals surface area contributed by atoms with Gasteiger partial charge in [-0.2, -0.15) is 0 Å². The summed E-state index contributed by atoms with van der Waals surface area (Å²) < 4.78 is 4.88. The van der Waals surface area contributed by atoms with E-state index in [2.05, 4.69) is 16.0 Å². The van der Waals surface area contributed by atoms with Crippen LogP contribution >= 0.6 is 0 Å². The molecule has 1 atom stereocenters. The van der Waals surface area contributed by atoms with Crippen molar-refractivity contribution in [1.82, 2.24) is 10.6 Å². The van der Waals surface area contributed by atoms with Gasteiger partial charge in [-0.1, -0.05) is 18.2 Å². The Morgan fingerprint density at radius 1 is 1.29 bits per heavy atom. The number of benzene rings is 1. The molecule has 6 nitrogen and oxygen atoms in total. The van der Waals surface area contributed by atoms with E-state index in [0.717, 1.165) is 11.3 Å². The molecule has 0 saturated carbocycles. The molecule has 0 bridgehead atoms. The minimum Gasteiger partial charge on any atom is -0.383 e. The number of carbonyl (C=O) groups is 2. The number of hydrogen-bond acceptors (Lipinski definition) is 4. The molecule has 1 aromatic carbocycles. The SMILES string of the molecule is COCCNC(=O)C(C)NCc1ccccc1NC(C)=O. The van der Waals surface area contributed by atoms with Gasteiger partial charge in [0.15, 0.2) is 0 Å². The molecule has 1 aromatic rings. The molecule has 116 valence electrons. The van der Waals surface area contributed by atoms with Crippen LogP contribution in [0.1, 0.15) is 19.4 Å². The van der Waals surface area contributed by atoms with Crippen molar-refractivity contribution < 1.29 is 14.3 Å². The second kappa shape index (κ2) is 9.10. The molecule has 1 rings (SSSR count). The minimum atomic E-state index is -0.327. The number of para-hydroxylation sites is 1. The first kappa shape index (κ1) is 17.1. The standard InChI is InChI=1S/C15H23N3O3/c1-11(15(20)16-8-9-21-3)17-10-13-6-4-5-7-14(13)18-12(2)19/h4-7,11,17H,8-10H2,1-3H3,(H,16,20)(H,18,19). The molecule has 6 heteroatoms. The summed E-state index contributed by atoms with van der Waals surface area (Å²) in [5.41, 5.74) is 1.69. The summed E-state index contributed by atoms with van der Waals surface area (Å²) in [7, 11) is 1.59. The van der Waals surface area contributed by atoms with Gasteiger partial charge in [-0.3, -0.25) is 9.59 Å². The third-order valence-corrected chi connectivity index (χ3v) is 2.93. The average Bonchev–Trinajstić information content (AvgIpc) is 2.45. The molecule has 1 unspecified atom stereocenters. The normalized spacial score (nSPS) is 11.8. The number of anilines is 1. The number of ether oxygens (including phenoxy) is 1. The number of methoxy groups -OCH3 is 1. The van der Waals surface area contributed by atoms with Gasteiger partial charge >= 0.3 is 0 Å². The summed E-state index contributed by atoms with van der Waals surface area (Å²) in [6.45, 7) is 4.74. The number of carbonyl (C=O) groups excluding carboxylic acids is 2. The van der Waals surface area contributed by atoms with E-state index in [0.29, 0.717) is 19.7 Å². The fraction of sp³-hybridized carbons (Fsp3) is 0.467. The highest BCUT2D eigenvalue weighted by molar-refractivity contribution is 5.89. The average molecular weight is 293 g/mol. The van der Waals surface area contributed by atoms with E-state index in [1.807, 2.05) is 24.3 Å². The topological polar surface area (TPSA) is 79.5 Å². The molecule has 0 spiro atoms. The Morgan fingerprint density at radius 2 is 2.00 bits per heavy atom. The van der Waals surface area contributed by atoms with E-state index in [9.17, 15) is 9.59 Å². The van der Waals surface area contributed by atoms with Gasteiger partial charge in [0.2, 0.25) is 11.8 Å². The van der Waals surface area contributed by atoms with Crippen molar-refractivity contribution in [2.45, 2.75) is 26.4 Å². The van der Waals surface area contributed by atoms with Crippen LogP contribution < -0.4 is 16.0 Å². The van der Waals surface area contributed by atoms with E-state index < -0.39 is 0 Å². The van der Waals surface area contributed by atoms with Crippen molar-refractivity contribution in [3.8, 4) is 0 Å². The van der Waals surface area contributed by atoms with Crippen molar-refractivity contribution in [3.05, 3.63) is 29.8 Å². The zero-order chi connectivity index (χ0) is 15.7. The smallest absolute Gasteiger partial charge is 0.236 e. The number of nitrogens with one attached hydrogen (secondary N) is 3. The van der Waals surface area contributed by atoms with Crippen LogP contribution in [0.5, 0.6) is 0 Å². The van der Waals surface area contributed by atoms with Crippen LogP contribution in [0.25, 0.3) is 0 Å². The zero-order valence-electron chi connectivity index (χ0n) is 12.7. The Balaban J connectivity index is 2.50. The lowest BCUT2D eigenvalue weighted by Crippen LogP contribution is -2.42. The molecular formula is C15H23N3O3. The predicted octanol–water partition coefficient (Wildman–Crippen LogP) is 0.886. The predicted molar refractivity (Wildman–Crippen MR) is 81.9 cm³/mol. The third-order valence-electron chi connectivity index (χ3n) is 2.93. The van der Waals surface area contributed by atoms with Gasteiger partial charge in [0, 0.05) is 32.8 Å². The van der Waals surface area contributed by atoms with Crippen LogP contribution in [0.3, 0.4) is 0 Å². The summed E-state index contributed by atoms with van der Waals surface area (Å²) in [5, 5.41) is 8.68. The van der Waals surface area contributed by atoms with Gasteiger partial charge in [0.05, 0.1) is 12.6 Å². The lowest BCUT2D eigenvalue weighted by atomic mass is 10.1. The molecule has 0 fully saturated rings.